The summed E-state index contributed by atoms with van der Waals surface area (Å²) in [5, 5.41) is 17.2. The molecule has 2 heterocycles. The Morgan fingerprint density at radius 2 is 2.08 bits per heavy atom. The Balaban J connectivity index is 1.72. The lowest BCUT2D eigenvalue weighted by atomic mass is 9.66. The van der Waals surface area contributed by atoms with Gasteiger partial charge in [0.1, 0.15) is 0 Å². The molecule has 1 unspecified atom stereocenters. The third-order valence-corrected chi connectivity index (χ3v) is 6.50. The van der Waals surface area contributed by atoms with E-state index in [0.717, 1.165) is 0 Å². The number of aromatic amines is 1. The van der Waals surface area contributed by atoms with Crippen molar-refractivity contribution in [3.8, 4) is 11.4 Å². The lowest BCUT2D eigenvalue weighted by Gasteiger charge is -2.35. The summed E-state index contributed by atoms with van der Waals surface area (Å²) < 4.78 is 5.63. The van der Waals surface area contributed by atoms with Crippen LogP contribution >= 0.6 is 11.6 Å². The van der Waals surface area contributed by atoms with Gasteiger partial charge in [-0.15, -0.1) is 10.2 Å². The van der Waals surface area contributed by atoms with Crippen LogP contribution in [-0.4, -0.2) is 38.1 Å². The topological polar surface area (TPSA) is 110 Å². The molecule has 1 aromatic carbocycles. The SMILES string of the molecule is CC1(C)C2(C(=O)Nc3cc(Cl)ccc3-c3nn[nH]n3)CC[C@@]1(C)C(=O)O2. The molecule has 1 aliphatic carbocycles. The Bertz CT molecular complexity index is 913. The number of esters is 1. The first kappa shape index (κ1) is 17.0. The van der Waals surface area contributed by atoms with Crippen molar-refractivity contribution in [3.63, 3.8) is 0 Å². The molecule has 4 rings (SSSR count). The molecule has 1 aliphatic heterocycles. The summed E-state index contributed by atoms with van der Waals surface area (Å²) in [5.74, 6) is -0.370. The minimum absolute atomic E-state index is 0.326. The highest BCUT2D eigenvalue weighted by atomic mass is 35.5. The molecule has 2 aliphatic rings. The summed E-state index contributed by atoms with van der Waals surface area (Å²) in [6, 6.07) is 4.98. The first-order chi connectivity index (χ1) is 12.2. The normalized spacial score (nSPS) is 28.8. The second-order valence-corrected chi connectivity index (χ2v) is 7.99. The minimum Gasteiger partial charge on any atom is -0.448 e. The minimum atomic E-state index is -1.21. The Hall–Kier alpha value is -2.48. The van der Waals surface area contributed by atoms with Gasteiger partial charge in [0.15, 0.2) is 5.60 Å². The van der Waals surface area contributed by atoms with Crippen LogP contribution in [0.1, 0.15) is 33.6 Å². The maximum absolute atomic E-state index is 13.2. The molecule has 9 heteroatoms. The van der Waals surface area contributed by atoms with Gasteiger partial charge in [-0.1, -0.05) is 25.4 Å². The van der Waals surface area contributed by atoms with Gasteiger partial charge < -0.3 is 10.1 Å². The van der Waals surface area contributed by atoms with E-state index in [-0.39, 0.29) is 11.9 Å². The van der Waals surface area contributed by atoms with Crippen molar-refractivity contribution in [1.29, 1.82) is 0 Å². The van der Waals surface area contributed by atoms with Crippen LogP contribution < -0.4 is 5.32 Å². The Morgan fingerprint density at radius 3 is 2.65 bits per heavy atom. The number of H-pyrrole nitrogens is 1. The van der Waals surface area contributed by atoms with Crippen LogP contribution in [0.3, 0.4) is 0 Å². The van der Waals surface area contributed by atoms with E-state index in [1.165, 1.54) is 0 Å². The fraction of sp³-hybridized carbons (Fsp3) is 0.471. The fourth-order valence-electron chi connectivity index (χ4n) is 4.06. The van der Waals surface area contributed by atoms with Crippen LogP contribution in [0.15, 0.2) is 18.2 Å². The second-order valence-electron chi connectivity index (χ2n) is 7.55. The van der Waals surface area contributed by atoms with Gasteiger partial charge in [-0.25, -0.2) is 0 Å². The number of nitrogens with one attached hydrogen (secondary N) is 2. The molecule has 2 bridgehead atoms. The van der Waals surface area contributed by atoms with E-state index in [1.54, 1.807) is 18.2 Å². The first-order valence-electron chi connectivity index (χ1n) is 8.30. The number of ether oxygens (including phenoxy) is 1. The number of halogens is 1. The van der Waals surface area contributed by atoms with Gasteiger partial charge in [-0.05, 0) is 43.2 Å². The molecule has 1 aromatic heterocycles. The molecule has 2 fully saturated rings. The van der Waals surface area contributed by atoms with Crippen molar-refractivity contribution in [2.75, 3.05) is 5.32 Å². The molecule has 1 saturated heterocycles. The van der Waals surface area contributed by atoms with Crippen molar-refractivity contribution in [3.05, 3.63) is 23.2 Å². The number of rotatable bonds is 3. The molecule has 1 amide bonds. The van der Waals surface area contributed by atoms with E-state index in [2.05, 4.69) is 25.9 Å². The predicted octanol–water partition coefficient (Wildman–Crippen LogP) is 2.58. The number of fused-ring (bicyclic) bond motifs is 2. The standard InChI is InChI=1S/C17H18ClN5O3/c1-15(2)16(3)6-7-17(15,26-14(16)25)13(24)19-11-8-9(18)4-5-10(11)12-20-22-23-21-12/h4-5,8H,6-7H2,1-3H3,(H,19,24)(H,20,21,22,23)/t16-,17?/m0/s1. The molecular weight excluding hydrogens is 358 g/mol. The van der Waals surface area contributed by atoms with Gasteiger partial charge in [0.25, 0.3) is 5.91 Å². The smallest absolute Gasteiger partial charge is 0.313 e. The van der Waals surface area contributed by atoms with Crippen molar-refractivity contribution >= 4 is 29.2 Å². The number of hydrogen-bond donors (Lipinski definition) is 2. The van der Waals surface area contributed by atoms with E-state index >= 15 is 0 Å². The highest BCUT2D eigenvalue weighted by molar-refractivity contribution is 6.31. The summed E-state index contributed by atoms with van der Waals surface area (Å²) in [6.07, 6.45) is 1.09. The Morgan fingerprint density at radius 1 is 1.31 bits per heavy atom. The number of hydrogen-bond acceptors (Lipinski definition) is 6. The zero-order valence-electron chi connectivity index (χ0n) is 14.6. The number of tetrazole rings is 1. The van der Waals surface area contributed by atoms with Crippen molar-refractivity contribution in [2.45, 2.75) is 39.2 Å². The van der Waals surface area contributed by atoms with Gasteiger partial charge in [-0.2, -0.15) is 5.21 Å². The number of aromatic nitrogens is 4. The predicted molar refractivity (Wildman–Crippen MR) is 93.2 cm³/mol. The third kappa shape index (κ3) is 1.99. The van der Waals surface area contributed by atoms with Gasteiger partial charge in [0, 0.05) is 16.0 Å². The van der Waals surface area contributed by atoms with E-state index in [1.807, 2.05) is 20.8 Å². The molecule has 2 N–H and O–H groups in total. The molecule has 26 heavy (non-hydrogen) atoms. The van der Waals surface area contributed by atoms with Crippen LogP contribution in [0.5, 0.6) is 0 Å². The molecule has 0 radical (unpaired) electrons. The van der Waals surface area contributed by atoms with Crippen molar-refractivity contribution < 1.29 is 14.3 Å². The van der Waals surface area contributed by atoms with Crippen LogP contribution in [0, 0.1) is 10.8 Å². The highest BCUT2D eigenvalue weighted by Gasteiger charge is 2.75. The second kappa shape index (κ2) is 5.26. The van der Waals surface area contributed by atoms with Gasteiger partial charge >= 0.3 is 5.97 Å². The fourth-order valence-corrected chi connectivity index (χ4v) is 4.23. The Labute approximate surface area is 154 Å². The molecule has 2 atom stereocenters. The van der Waals surface area contributed by atoms with Gasteiger partial charge in [0.2, 0.25) is 5.82 Å². The zero-order valence-corrected chi connectivity index (χ0v) is 15.3. The summed E-state index contributed by atoms with van der Waals surface area (Å²) in [6.45, 7) is 5.67. The van der Waals surface area contributed by atoms with Crippen LogP contribution in [0.2, 0.25) is 5.02 Å². The lowest BCUT2D eigenvalue weighted by molar-refractivity contribution is -0.165. The summed E-state index contributed by atoms with van der Waals surface area (Å²) in [5.41, 5.74) is -1.52. The number of nitrogens with zero attached hydrogens (tertiary/aromatic N) is 3. The quantitative estimate of drug-likeness (QED) is 0.798. The molecular formula is C17H18ClN5O3. The van der Waals surface area contributed by atoms with Crippen molar-refractivity contribution in [1.82, 2.24) is 20.6 Å². The zero-order chi connectivity index (χ0) is 18.7. The summed E-state index contributed by atoms with van der Waals surface area (Å²) >= 11 is 6.10. The van der Waals surface area contributed by atoms with Gasteiger partial charge in [-0.3, -0.25) is 9.59 Å². The maximum Gasteiger partial charge on any atom is 0.313 e. The van der Waals surface area contributed by atoms with Crippen molar-refractivity contribution in [2.24, 2.45) is 10.8 Å². The number of anilines is 1. The lowest BCUT2D eigenvalue weighted by Crippen LogP contribution is -2.50. The van der Waals surface area contributed by atoms with E-state index in [0.29, 0.717) is 34.9 Å². The number of carbonyl (C=O) groups excluding carboxylic acids is 2. The van der Waals surface area contributed by atoms with Gasteiger partial charge in [0.05, 0.1) is 11.1 Å². The average Bonchev–Trinajstić information content (AvgIpc) is 3.21. The van der Waals surface area contributed by atoms with E-state index < -0.39 is 16.4 Å². The highest BCUT2D eigenvalue weighted by Crippen LogP contribution is 2.65. The van der Waals surface area contributed by atoms with E-state index in [4.69, 9.17) is 16.3 Å². The summed E-state index contributed by atoms with van der Waals surface area (Å²) in [7, 11) is 0. The van der Waals surface area contributed by atoms with Crippen LogP contribution in [0.4, 0.5) is 5.69 Å². The monoisotopic (exact) mass is 375 g/mol. The van der Waals surface area contributed by atoms with E-state index in [9.17, 15) is 9.59 Å². The number of carbonyl (C=O) groups is 2. The van der Waals surface area contributed by atoms with Crippen LogP contribution in [0.25, 0.3) is 11.4 Å². The summed E-state index contributed by atoms with van der Waals surface area (Å²) in [4.78, 5) is 25.6. The molecule has 136 valence electrons. The number of benzene rings is 1. The molecule has 2 aromatic rings. The molecule has 8 nitrogen and oxygen atoms in total. The maximum atomic E-state index is 13.2. The Kier molecular flexibility index (Phi) is 3.43. The number of amides is 1. The van der Waals surface area contributed by atoms with Crippen LogP contribution in [-0.2, 0) is 14.3 Å². The average molecular weight is 376 g/mol. The molecule has 1 saturated carbocycles. The molecule has 0 spiro atoms. The first-order valence-corrected chi connectivity index (χ1v) is 8.67. The largest absolute Gasteiger partial charge is 0.448 e. The third-order valence-electron chi connectivity index (χ3n) is 6.27.